The molecule has 1 aromatic heterocycles. The fourth-order valence-electron chi connectivity index (χ4n) is 2.83. The largest absolute Gasteiger partial charge is 0.346 e. The van der Waals surface area contributed by atoms with E-state index >= 15 is 0 Å². The molecule has 0 atom stereocenters. The van der Waals surface area contributed by atoms with Crippen LogP contribution < -0.4 is 16.4 Å². The molecule has 9 heteroatoms. The number of hydrogen-bond donors (Lipinski definition) is 3. The van der Waals surface area contributed by atoms with Crippen LogP contribution in [0, 0.1) is 0 Å². The number of anilines is 1. The lowest BCUT2D eigenvalue weighted by Gasteiger charge is -2.16. The number of nitrogens with two attached hydrogens (primary N) is 1. The van der Waals surface area contributed by atoms with Crippen molar-refractivity contribution in [2.75, 3.05) is 18.4 Å². The Morgan fingerprint density at radius 3 is 2.54 bits per heavy atom. The first-order valence-electron chi connectivity index (χ1n) is 8.09. The summed E-state index contributed by atoms with van der Waals surface area (Å²) in [4.78, 5) is 27.3. The summed E-state index contributed by atoms with van der Waals surface area (Å²) < 4.78 is 2.26. The van der Waals surface area contributed by atoms with Gasteiger partial charge in [-0.05, 0) is 43.5 Å². The second kappa shape index (κ2) is 10.2. The normalized spacial score (nSPS) is 12.2. The van der Waals surface area contributed by atoms with E-state index in [2.05, 4.69) is 20.2 Å². The zero-order chi connectivity index (χ0) is 16.9. The molecule has 26 heavy (non-hydrogen) atoms. The van der Waals surface area contributed by atoms with Crippen molar-refractivity contribution in [3.05, 3.63) is 36.2 Å². The van der Waals surface area contributed by atoms with E-state index in [-0.39, 0.29) is 49.7 Å². The minimum atomic E-state index is -0.357. The van der Waals surface area contributed by atoms with Gasteiger partial charge in [0.2, 0.25) is 11.8 Å². The quantitative estimate of drug-likeness (QED) is 0.712. The number of imidazole rings is 1. The van der Waals surface area contributed by atoms with Gasteiger partial charge in [-0.1, -0.05) is 0 Å². The van der Waals surface area contributed by atoms with Crippen molar-refractivity contribution in [1.82, 2.24) is 14.9 Å². The predicted molar refractivity (Wildman–Crippen MR) is 106 cm³/mol. The molecule has 0 spiro atoms. The fraction of sp³-hybridized carbons (Fsp3) is 0.353. The number of carbonyl (C=O) groups excluding carboxylic acids is 2. The smallest absolute Gasteiger partial charge is 0.243 e. The number of nitrogens with zero attached hydrogens (tertiary/aromatic N) is 2. The first-order valence-corrected chi connectivity index (χ1v) is 8.09. The minimum absolute atomic E-state index is 0. The Morgan fingerprint density at radius 1 is 1.12 bits per heavy atom. The van der Waals surface area contributed by atoms with Crippen molar-refractivity contribution in [2.24, 2.45) is 5.73 Å². The second-order valence-corrected chi connectivity index (χ2v) is 5.79. The molecular formula is C17H23Cl2N5O2. The highest BCUT2D eigenvalue weighted by Crippen LogP contribution is 2.25. The Hall–Kier alpha value is -2.09. The van der Waals surface area contributed by atoms with Gasteiger partial charge in [-0.15, -0.1) is 24.8 Å². The van der Waals surface area contributed by atoms with Gasteiger partial charge in [0, 0.05) is 29.7 Å². The highest BCUT2D eigenvalue weighted by atomic mass is 35.5. The Kier molecular flexibility index (Phi) is 8.57. The molecule has 0 radical (unpaired) electrons. The lowest BCUT2D eigenvalue weighted by Crippen LogP contribution is -2.36. The van der Waals surface area contributed by atoms with Gasteiger partial charge in [0.1, 0.15) is 5.82 Å². The maximum absolute atomic E-state index is 11.8. The van der Waals surface area contributed by atoms with E-state index in [0.29, 0.717) is 5.69 Å². The summed E-state index contributed by atoms with van der Waals surface area (Å²) >= 11 is 0. The molecule has 0 fully saturated rings. The average molecular weight is 400 g/mol. The fourth-order valence-corrected chi connectivity index (χ4v) is 2.83. The van der Waals surface area contributed by atoms with Gasteiger partial charge < -0.3 is 20.9 Å². The number of rotatable bonds is 5. The van der Waals surface area contributed by atoms with E-state index in [1.54, 1.807) is 0 Å². The summed E-state index contributed by atoms with van der Waals surface area (Å²) in [6, 6.07) is 7.56. The van der Waals surface area contributed by atoms with Crippen LogP contribution in [0.25, 0.3) is 11.4 Å². The number of aromatic nitrogens is 2. The van der Waals surface area contributed by atoms with E-state index in [4.69, 9.17) is 5.73 Å². The molecular weight excluding hydrogens is 377 g/mol. The SMILES string of the molecule is Cl.Cl.NCC(=O)NCC(=O)Nc1ccc(-c2ncc3n2CCCC3)cc1. The third kappa shape index (κ3) is 5.20. The molecule has 2 heterocycles. The zero-order valence-electron chi connectivity index (χ0n) is 14.2. The van der Waals surface area contributed by atoms with E-state index in [1.807, 2.05) is 30.5 Å². The number of hydrogen-bond acceptors (Lipinski definition) is 4. The van der Waals surface area contributed by atoms with Crippen molar-refractivity contribution in [2.45, 2.75) is 25.8 Å². The summed E-state index contributed by atoms with van der Waals surface area (Å²) in [5.41, 5.74) is 8.15. The average Bonchev–Trinajstić information content (AvgIpc) is 3.04. The molecule has 0 saturated carbocycles. The van der Waals surface area contributed by atoms with Gasteiger partial charge in [-0.3, -0.25) is 9.59 Å². The lowest BCUT2D eigenvalue weighted by atomic mass is 10.1. The summed E-state index contributed by atoms with van der Waals surface area (Å²) in [5, 5.41) is 5.17. The monoisotopic (exact) mass is 399 g/mol. The molecule has 2 aromatic rings. The number of aryl methyl sites for hydroxylation is 1. The predicted octanol–water partition coefficient (Wildman–Crippen LogP) is 1.74. The third-order valence-corrected chi connectivity index (χ3v) is 4.06. The standard InChI is InChI=1S/C17H21N5O2.2ClH/c18-9-15(23)19-11-16(24)21-13-6-4-12(5-7-13)17-20-10-14-3-1-2-8-22(14)17;;/h4-7,10H,1-3,8-9,11,18H2,(H,19,23)(H,21,24);2*1H. The number of fused-ring (bicyclic) bond motifs is 1. The number of benzene rings is 1. The van der Waals surface area contributed by atoms with E-state index in [9.17, 15) is 9.59 Å². The molecule has 4 N–H and O–H groups in total. The van der Waals surface area contributed by atoms with Gasteiger partial charge in [0.25, 0.3) is 0 Å². The summed E-state index contributed by atoms with van der Waals surface area (Å²) in [5.74, 6) is 0.324. The maximum atomic E-state index is 11.8. The number of nitrogens with one attached hydrogen (secondary N) is 2. The minimum Gasteiger partial charge on any atom is -0.346 e. The maximum Gasteiger partial charge on any atom is 0.243 e. The van der Waals surface area contributed by atoms with Crippen molar-refractivity contribution in [3.63, 3.8) is 0 Å². The van der Waals surface area contributed by atoms with Crippen molar-refractivity contribution in [1.29, 1.82) is 0 Å². The first-order chi connectivity index (χ1) is 11.7. The summed E-state index contributed by atoms with van der Waals surface area (Å²) in [6.45, 7) is 0.784. The number of halogens is 2. The van der Waals surface area contributed by atoms with Crippen molar-refractivity contribution >= 4 is 42.3 Å². The third-order valence-electron chi connectivity index (χ3n) is 4.06. The van der Waals surface area contributed by atoms with Crippen LogP contribution >= 0.6 is 24.8 Å². The Morgan fingerprint density at radius 2 is 1.85 bits per heavy atom. The van der Waals surface area contributed by atoms with Crippen LogP contribution in [0.5, 0.6) is 0 Å². The zero-order valence-corrected chi connectivity index (χ0v) is 15.9. The van der Waals surface area contributed by atoms with E-state index < -0.39 is 0 Å². The number of carbonyl (C=O) groups is 2. The molecule has 0 saturated heterocycles. The molecule has 0 bridgehead atoms. The van der Waals surface area contributed by atoms with Crippen molar-refractivity contribution < 1.29 is 9.59 Å². The highest BCUT2D eigenvalue weighted by molar-refractivity contribution is 5.94. The van der Waals surface area contributed by atoms with E-state index in [0.717, 1.165) is 24.4 Å². The Labute approximate surface area is 164 Å². The van der Waals surface area contributed by atoms with Crippen LogP contribution in [-0.4, -0.2) is 34.5 Å². The number of amides is 2. The van der Waals surface area contributed by atoms with Crippen LogP contribution in [0.4, 0.5) is 5.69 Å². The van der Waals surface area contributed by atoms with Gasteiger partial charge in [-0.2, -0.15) is 0 Å². The molecule has 1 aliphatic heterocycles. The topological polar surface area (TPSA) is 102 Å². The molecule has 1 aromatic carbocycles. The molecule has 142 valence electrons. The van der Waals surface area contributed by atoms with Gasteiger partial charge >= 0.3 is 0 Å². The highest BCUT2D eigenvalue weighted by Gasteiger charge is 2.15. The first kappa shape index (κ1) is 22.0. The van der Waals surface area contributed by atoms with Gasteiger partial charge in [-0.25, -0.2) is 4.98 Å². The Balaban J connectivity index is 0.00000169. The van der Waals surface area contributed by atoms with Crippen LogP contribution in [0.15, 0.2) is 30.5 Å². The molecule has 3 rings (SSSR count). The van der Waals surface area contributed by atoms with Crippen LogP contribution in [-0.2, 0) is 22.6 Å². The summed E-state index contributed by atoms with van der Waals surface area (Å²) in [6.07, 6.45) is 5.43. The molecule has 2 amide bonds. The van der Waals surface area contributed by atoms with Crippen LogP contribution in [0.2, 0.25) is 0 Å². The second-order valence-electron chi connectivity index (χ2n) is 5.79. The van der Waals surface area contributed by atoms with Crippen LogP contribution in [0.3, 0.4) is 0 Å². The molecule has 0 aliphatic carbocycles. The Bertz CT molecular complexity index is 746. The molecule has 1 aliphatic rings. The lowest BCUT2D eigenvalue weighted by molar-refractivity contribution is -0.123. The van der Waals surface area contributed by atoms with Gasteiger partial charge in [0.15, 0.2) is 0 Å². The molecule has 0 unspecified atom stereocenters. The van der Waals surface area contributed by atoms with Gasteiger partial charge in [0.05, 0.1) is 13.1 Å². The van der Waals surface area contributed by atoms with E-state index in [1.165, 1.54) is 18.5 Å². The summed E-state index contributed by atoms with van der Waals surface area (Å²) in [7, 11) is 0. The van der Waals surface area contributed by atoms with Crippen molar-refractivity contribution in [3.8, 4) is 11.4 Å². The molecule has 7 nitrogen and oxygen atoms in total. The van der Waals surface area contributed by atoms with Crippen LogP contribution in [0.1, 0.15) is 18.5 Å².